The minimum atomic E-state index is -1.29. The van der Waals surface area contributed by atoms with Crippen molar-refractivity contribution < 1.29 is 43.2 Å². The first-order valence-corrected chi connectivity index (χ1v) is 14.1. The number of likely N-dealkylation sites (tertiary alicyclic amines) is 1. The summed E-state index contributed by atoms with van der Waals surface area (Å²) in [5.74, 6) is -0.703. The van der Waals surface area contributed by atoms with E-state index >= 15 is 0 Å². The van der Waals surface area contributed by atoms with Crippen molar-refractivity contribution in [3.63, 3.8) is 0 Å². The van der Waals surface area contributed by atoms with E-state index in [2.05, 4.69) is 4.90 Å². The molecule has 10 heteroatoms. The summed E-state index contributed by atoms with van der Waals surface area (Å²) < 4.78 is 28.9. The second-order valence-electron chi connectivity index (χ2n) is 12.5. The molecule has 1 saturated heterocycles. The van der Waals surface area contributed by atoms with Gasteiger partial charge in [0.1, 0.15) is 11.4 Å². The third-order valence-corrected chi connectivity index (χ3v) is 8.74. The fraction of sp³-hybridized carbons (Fsp3) is 0.469. The third kappa shape index (κ3) is 4.35. The van der Waals surface area contributed by atoms with Crippen LogP contribution in [0.15, 0.2) is 54.3 Å². The average molecular weight is 578 g/mol. The van der Waals surface area contributed by atoms with Crippen LogP contribution in [-0.2, 0) is 35.6 Å². The fourth-order valence-electron chi connectivity index (χ4n) is 7.08. The number of piperidine rings is 1. The van der Waals surface area contributed by atoms with E-state index in [1.165, 1.54) is 6.92 Å². The van der Waals surface area contributed by atoms with Gasteiger partial charge in [-0.1, -0.05) is 36.4 Å². The molecule has 0 saturated carbocycles. The minimum absolute atomic E-state index is 0.166. The fourth-order valence-corrected chi connectivity index (χ4v) is 7.08. The van der Waals surface area contributed by atoms with Gasteiger partial charge < -0.3 is 33.7 Å². The lowest BCUT2D eigenvalue weighted by Gasteiger charge is -2.61. The van der Waals surface area contributed by atoms with E-state index in [0.29, 0.717) is 30.7 Å². The summed E-state index contributed by atoms with van der Waals surface area (Å²) >= 11 is 0. The summed E-state index contributed by atoms with van der Waals surface area (Å²) in [4.78, 5) is 40.3. The number of esters is 2. The van der Waals surface area contributed by atoms with Crippen LogP contribution in [-0.4, -0.2) is 65.0 Å². The van der Waals surface area contributed by atoms with Crippen LogP contribution < -0.4 is 9.47 Å². The van der Waals surface area contributed by atoms with Gasteiger partial charge in [0.15, 0.2) is 17.6 Å². The van der Waals surface area contributed by atoms with Crippen LogP contribution >= 0.6 is 0 Å². The van der Waals surface area contributed by atoms with Crippen molar-refractivity contribution in [1.29, 1.82) is 0 Å². The van der Waals surface area contributed by atoms with Gasteiger partial charge in [-0.25, -0.2) is 9.59 Å². The molecule has 5 atom stereocenters. The highest BCUT2D eigenvalue weighted by molar-refractivity contribution is 5.81. The Balaban J connectivity index is 1.40. The number of aliphatic hydroxyl groups is 1. The number of hydrogen-bond donors (Lipinski definition) is 1. The lowest BCUT2D eigenvalue weighted by molar-refractivity contribution is -0.176. The number of likely N-dealkylation sites (N-methyl/N-ethyl adjacent to an activating group) is 1. The number of ether oxygens (including phenoxy) is 5. The van der Waals surface area contributed by atoms with Gasteiger partial charge in [0.2, 0.25) is 6.10 Å². The number of carbonyl (C=O) groups is 3. The molecular weight excluding hydrogens is 542 g/mol. The molecule has 42 heavy (non-hydrogen) atoms. The normalized spacial score (nSPS) is 28.0. The van der Waals surface area contributed by atoms with E-state index in [-0.39, 0.29) is 24.0 Å². The number of hydrogen-bond acceptors (Lipinski definition) is 10. The highest BCUT2D eigenvalue weighted by Gasteiger charge is 2.72. The maximum atomic E-state index is 13.6. The molecule has 4 aliphatic rings. The predicted octanol–water partition coefficient (Wildman–Crippen LogP) is 4.13. The molecule has 10 nitrogen and oxygen atoms in total. The Labute approximate surface area is 244 Å². The molecule has 1 N–H and O–H groups in total. The molecule has 2 aromatic carbocycles. The third-order valence-electron chi connectivity index (χ3n) is 8.74. The largest absolute Gasteiger partial charge is 0.514 e. The zero-order chi connectivity index (χ0) is 30.0. The monoisotopic (exact) mass is 577 g/mol. The summed E-state index contributed by atoms with van der Waals surface area (Å²) in [6, 6.07) is 12.0. The standard InChI is InChI=1S/C32H35NO9/c1-18(34)38-25(19-9-7-6-8-10-19)28(35)39-22-13-14-32(37)23-17-20-11-12-21(40-29(36)42-30(2,3)4)26-24(20)31(32,27(22)41-26)15-16-33(23)5/h6-13,23,25,27,37H,14-17H2,1-5H3/t23-,25-,27-,31-,32+/m0/s1. The van der Waals surface area contributed by atoms with Gasteiger partial charge in [-0.15, -0.1) is 0 Å². The van der Waals surface area contributed by atoms with Crippen LogP contribution in [0.5, 0.6) is 11.5 Å². The summed E-state index contributed by atoms with van der Waals surface area (Å²) in [6.07, 6.45) is -0.0644. The SMILES string of the molecule is CC(=O)O[C@H](C(=O)OC1=CC[C@@]2(O)[C@@H]3Cc4ccc(OC(=O)OC(C)(C)C)c5c4[C@@]2(CCN3C)[C@H]1O5)c1ccccc1. The van der Waals surface area contributed by atoms with E-state index in [0.717, 1.165) is 11.1 Å². The maximum Gasteiger partial charge on any atom is 0.514 e. The summed E-state index contributed by atoms with van der Waals surface area (Å²) in [6.45, 7) is 7.13. The van der Waals surface area contributed by atoms with Gasteiger partial charge in [0.25, 0.3) is 0 Å². The molecule has 2 heterocycles. The minimum Gasteiger partial charge on any atom is -0.477 e. The number of rotatable bonds is 5. The zero-order valence-electron chi connectivity index (χ0n) is 24.3. The first kappa shape index (κ1) is 28.2. The van der Waals surface area contributed by atoms with E-state index in [4.69, 9.17) is 23.7 Å². The van der Waals surface area contributed by atoms with Crippen LogP contribution in [0.2, 0.25) is 0 Å². The molecule has 2 aromatic rings. The summed E-state index contributed by atoms with van der Waals surface area (Å²) in [5, 5.41) is 12.5. The average Bonchev–Trinajstić information content (AvgIpc) is 3.27. The highest BCUT2D eigenvalue weighted by Crippen LogP contribution is 2.65. The second kappa shape index (κ2) is 9.84. The molecule has 0 radical (unpaired) electrons. The Morgan fingerprint density at radius 1 is 1.10 bits per heavy atom. The predicted molar refractivity (Wildman–Crippen MR) is 149 cm³/mol. The van der Waals surface area contributed by atoms with Crippen LogP contribution in [0, 0.1) is 0 Å². The lowest BCUT2D eigenvalue weighted by atomic mass is 9.50. The van der Waals surface area contributed by atoms with E-state index < -0.39 is 46.9 Å². The quantitative estimate of drug-likeness (QED) is 0.316. The van der Waals surface area contributed by atoms with Crippen LogP contribution in [0.3, 0.4) is 0 Å². The molecule has 0 aromatic heterocycles. The number of benzene rings is 2. The van der Waals surface area contributed by atoms with Crippen LogP contribution in [0.1, 0.15) is 63.3 Å². The summed E-state index contributed by atoms with van der Waals surface area (Å²) in [7, 11) is 2.00. The lowest BCUT2D eigenvalue weighted by Crippen LogP contribution is -2.74. The van der Waals surface area contributed by atoms with Crippen molar-refractivity contribution in [2.24, 2.45) is 0 Å². The van der Waals surface area contributed by atoms with Crippen molar-refractivity contribution in [3.8, 4) is 11.5 Å². The number of carbonyl (C=O) groups excluding carboxylic acids is 3. The van der Waals surface area contributed by atoms with Gasteiger partial charge >= 0.3 is 18.1 Å². The van der Waals surface area contributed by atoms with Gasteiger partial charge in [-0.2, -0.15) is 0 Å². The summed E-state index contributed by atoms with van der Waals surface area (Å²) in [5.41, 5.74) is -0.762. The molecule has 1 spiro atoms. The zero-order valence-corrected chi connectivity index (χ0v) is 24.3. The maximum absolute atomic E-state index is 13.6. The molecule has 0 amide bonds. The van der Waals surface area contributed by atoms with Crippen LogP contribution in [0.4, 0.5) is 4.79 Å². The topological polar surface area (TPSA) is 121 Å². The Kier molecular flexibility index (Phi) is 6.62. The van der Waals surface area contributed by atoms with Crippen molar-refractivity contribution in [3.05, 3.63) is 71.0 Å². The molecule has 2 aliphatic heterocycles. The first-order valence-electron chi connectivity index (χ1n) is 14.1. The van der Waals surface area contributed by atoms with E-state index in [9.17, 15) is 19.5 Å². The Morgan fingerprint density at radius 2 is 1.83 bits per heavy atom. The molecule has 0 unspecified atom stereocenters. The Morgan fingerprint density at radius 3 is 2.52 bits per heavy atom. The van der Waals surface area contributed by atoms with Gasteiger partial charge in [0, 0.05) is 30.5 Å². The Hall–Kier alpha value is -3.89. The van der Waals surface area contributed by atoms with Gasteiger partial charge in [-0.05, 0) is 64.9 Å². The second-order valence-corrected chi connectivity index (χ2v) is 12.5. The first-order chi connectivity index (χ1) is 19.8. The Bertz CT molecular complexity index is 1480. The molecular formula is C32H35NO9. The molecule has 222 valence electrons. The molecule has 6 rings (SSSR count). The van der Waals surface area contributed by atoms with Crippen molar-refractivity contribution in [1.82, 2.24) is 4.90 Å². The van der Waals surface area contributed by atoms with Gasteiger partial charge in [-0.3, -0.25) is 4.79 Å². The van der Waals surface area contributed by atoms with Crippen molar-refractivity contribution >= 4 is 18.1 Å². The van der Waals surface area contributed by atoms with E-state index in [1.54, 1.807) is 63.2 Å². The number of nitrogens with zero attached hydrogens (tertiary/aromatic N) is 1. The van der Waals surface area contributed by atoms with Gasteiger partial charge in [0.05, 0.1) is 11.0 Å². The highest BCUT2D eigenvalue weighted by atomic mass is 16.7. The van der Waals surface area contributed by atoms with E-state index in [1.807, 2.05) is 13.1 Å². The molecule has 2 bridgehead atoms. The van der Waals surface area contributed by atoms with Crippen LogP contribution in [0.25, 0.3) is 0 Å². The smallest absolute Gasteiger partial charge is 0.477 e. The van der Waals surface area contributed by atoms with Crippen molar-refractivity contribution in [2.75, 3.05) is 13.6 Å². The molecule has 2 aliphatic carbocycles. The molecule has 1 fully saturated rings. The van der Waals surface area contributed by atoms with Crippen molar-refractivity contribution in [2.45, 2.75) is 81.8 Å².